The topological polar surface area (TPSA) is 18.5 Å². The van der Waals surface area contributed by atoms with E-state index in [2.05, 4.69) is 50.7 Å². The highest BCUT2D eigenvalue weighted by molar-refractivity contribution is 6.79. The molecule has 1 aromatic rings. The third kappa shape index (κ3) is 20.3. The fourth-order valence-corrected chi connectivity index (χ4v) is 7.65. The molecule has 0 aromatic heterocycles. The van der Waals surface area contributed by atoms with E-state index in [0.29, 0.717) is 0 Å². The molecule has 0 amide bonds. The fourth-order valence-electron chi connectivity index (χ4n) is 5.37. The lowest BCUT2D eigenvalue weighted by molar-refractivity contribution is 0.178. The van der Waals surface area contributed by atoms with Gasteiger partial charge in [-0.05, 0) is 24.6 Å². The average Bonchev–Trinajstić information content (AvgIpc) is 2.94. The molecule has 0 saturated carbocycles. The predicted octanol–water partition coefficient (Wildman–Crippen LogP) is 11.4. The largest absolute Gasteiger partial charge is 0.391 e. The van der Waals surface area contributed by atoms with Gasteiger partial charge in [0.25, 0.3) is 0 Å². The lowest BCUT2D eigenvalue weighted by Crippen LogP contribution is -2.51. The van der Waals surface area contributed by atoms with E-state index in [0.717, 1.165) is 26.1 Å². The van der Waals surface area contributed by atoms with Gasteiger partial charge in [0.15, 0.2) is 0 Å². The molecule has 0 aliphatic carbocycles. The highest BCUT2D eigenvalue weighted by Crippen LogP contribution is 2.15. The summed E-state index contributed by atoms with van der Waals surface area (Å²) in [6, 6.07) is 10.8. The standard InChI is InChI=1S/C35H66O2Si/c1-4-6-8-10-12-14-16-18-20-22-24-29-33-36-38(3,35-31-27-26-28-32-35)37-34-30-25-23-21-19-17-15-13-11-9-7-5-2/h26-28,31-32H,4-25,29-30,33-34H2,1-3H3. The molecule has 0 bridgehead atoms. The molecule has 0 atom stereocenters. The van der Waals surface area contributed by atoms with Gasteiger partial charge in [-0.3, -0.25) is 0 Å². The second-order valence-electron chi connectivity index (χ2n) is 11.8. The molecular weight excluding hydrogens is 480 g/mol. The number of rotatable bonds is 29. The van der Waals surface area contributed by atoms with Crippen LogP contribution in [0.1, 0.15) is 168 Å². The van der Waals surface area contributed by atoms with Crippen molar-refractivity contribution < 1.29 is 8.85 Å². The first-order valence-electron chi connectivity index (χ1n) is 17.1. The van der Waals surface area contributed by atoms with Gasteiger partial charge in [0.1, 0.15) is 0 Å². The summed E-state index contributed by atoms with van der Waals surface area (Å²) in [5.41, 5.74) is 0. The Bertz CT molecular complexity index is 561. The zero-order chi connectivity index (χ0) is 27.4. The molecule has 0 aliphatic heterocycles. The summed E-state index contributed by atoms with van der Waals surface area (Å²) in [5, 5.41) is 1.28. The Morgan fingerprint density at radius 1 is 0.421 bits per heavy atom. The van der Waals surface area contributed by atoms with Crippen LogP contribution < -0.4 is 5.19 Å². The van der Waals surface area contributed by atoms with Crippen molar-refractivity contribution in [3.8, 4) is 0 Å². The Balaban J connectivity index is 2.10. The molecule has 1 aromatic carbocycles. The molecule has 0 spiro atoms. The van der Waals surface area contributed by atoms with Gasteiger partial charge in [-0.1, -0.05) is 185 Å². The van der Waals surface area contributed by atoms with Crippen LogP contribution in [-0.4, -0.2) is 21.8 Å². The first kappa shape index (κ1) is 35.4. The van der Waals surface area contributed by atoms with Crippen LogP contribution in [0.5, 0.6) is 0 Å². The van der Waals surface area contributed by atoms with E-state index in [1.54, 1.807) is 0 Å². The lowest BCUT2D eigenvalue weighted by atomic mass is 10.1. The Hall–Kier alpha value is -0.643. The highest BCUT2D eigenvalue weighted by Gasteiger charge is 2.33. The molecule has 222 valence electrons. The number of benzene rings is 1. The summed E-state index contributed by atoms with van der Waals surface area (Å²) in [6.07, 6.45) is 33.1. The van der Waals surface area contributed by atoms with Crippen molar-refractivity contribution in [2.75, 3.05) is 13.2 Å². The minimum atomic E-state index is -2.33. The van der Waals surface area contributed by atoms with Crippen molar-refractivity contribution in [3.63, 3.8) is 0 Å². The van der Waals surface area contributed by atoms with Crippen molar-refractivity contribution in [1.29, 1.82) is 0 Å². The maximum atomic E-state index is 6.53. The number of unbranched alkanes of at least 4 members (excludes halogenated alkanes) is 22. The second kappa shape index (κ2) is 26.6. The lowest BCUT2D eigenvalue weighted by Gasteiger charge is -2.27. The van der Waals surface area contributed by atoms with E-state index < -0.39 is 8.56 Å². The maximum absolute atomic E-state index is 6.53. The molecule has 0 saturated heterocycles. The van der Waals surface area contributed by atoms with Crippen LogP contribution in [0.2, 0.25) is 6.55 Å². The van der Waals surface area contributed by atoms with Crippen molar-refractivity contribution in [3.05, 3.63) is 30.3 Å². The molecule has 0 fully saturated rings. The molecule has 3 heteroatoms. The number of hydrogen-bond donors (Lipinski definition) is 0. The normalized spacial score (nSPS) is 11.9. The Labute approximate surface area is 240 Å². The fraction of sp³-hybridized carbons (Fsp3) is 0.829. The van der Waals surface area contributed by atoms with E-state index in [1.165, 1.54) is 146 Å². The van der Waals surface area contributed by atoms with Gasteiger partial charge in [0, 0.05) is 13.2 Å². The van der Waals surface area contributed by atoms with Gasteiger partial charge in [0.2, 0.25) is 0 Å². The van der Waals surface area contributed by atoms with Crippen LogP contribution in [0.25, 0.3) is 0 Å². The van der Waals surface area contributed by atoms with Crippen LogP contribution in [0.15, 0.2) is 30.3 Å². The van der Waals surface area contributed by atoms with Crippen molar-refractivity contribution >= 4 is 13.7 Å². The molecule has 0 N–H and O–H groups in total. The summed E-state index contributed by atoms with van der Waals surface area (Å²) in [4.78, 5) is 0. The van der Waals surface area contributed by atoms with E-state index in [-0.39, 0.29) is 0 Å². The molecule has 2 nitrogen and oxygen atoms in total. The van der Waals surface area contributed by atoms with Crippen molar-refractivity contribution in [2.45, 2.75) is 174 Å². The van der Waals surface area contributed by atoms with Crippen LogP contribution in [0.4, 0.5) is 0 Å². The Kier molecular flexibility index (Phi) is 24.7. The molecule has 38 heavy (non-hydrogen) atoms. The average molecular weight is 547 g/mol. The third-order valence-corrected chi connectivity index (χ3v) is 10.9. The van der Waals surface area contributed by atoms with E-state index in [1.807, 2.05) is 0 Å². The molecule has 0 unspecified atom stereocenters. The third-order valence-electron chi connectivity index (χ3n) is 8.05. The summed E-state index contributed by atoms with van der Waals surface area (Å²) in [6.45, 7) is 8.52. The predicted molar refractivity (Wildman–Crippen MR) is 172 cm³/mol. The molecule has 0 radical (unpaired) electrons. The minimum absolute atomic E-state index is 0.841. The zero-order valence-corrected chi connectivity index (χ0v) is 27.1. The summed E-state index contributed by atoms with van der Waals surface area (Å²) in [7, 11) is -2.33. The minimum Gasteiger partial charge on any atom is -0.391 e. The number of hydrogen-bond acceptors (Lipinski definition) is 2. The molecular formula is C35H66O2Si. The van der Waals surface area contributed by atoms with Crippen LogP contribution in [-0.2, 0) is 8.85 Å². The smallest absolute Gasteiger partial charge is 0.369 e. The summed E-state index contributed by atoms with van der Waals surface area (Å²) in [5.74, 6) is 0. The van der Waals surface area contributed by atoms with Crippen LogP contribution in [0, 0.1) is 0 Å². The SMILES string of the molecule is CCCCCCCCCCCCCCO[Si](C)(OCCCCCCCCCCCCCC)c1ccccc1. The van der Waals surface area contributed by atoms with Crippen molar-refractivity contribution in [2.24, 2.45) is 0 Å². The first-order valence-corrected chi connectivity index (χ1v) is 19.4. The van der Waals surface area contributed by atoms with Gasteiger partial charge in [-0.25, -0.2) is 0 Å². The van der Waals surface area contributed by atoms with Gasteiger partial charge in [-0.15, -0.1) is 0 Å². The molecule has 0 heterocycles. The van der Waals surface area contributed by atoms with Gasteiger partial charge in [0.05, 0.1) is 0 Å². The zero-order valence-electron chi connectivity index (χ0n) is 26.1. The van der Waals surface area contributed by atoms with E-state index in [4.69, 9.17) is 8.85 Å². The quantitative estimate of drug-likeness (QED) is 0.0734. The van der Waals surface area contributed by atoms with E-state index >= 15 is 0 Å². The van der Waals surface area contributed by atoms with Gasteiger partial charge in [-0.2, -0.15) is 0 Å². The summed E-state index contributed by atoms with van der Waals surface area (Å²) >= 11 is 0. The van der Waals surface area contributed by atoms with Crippen molar-refractivity contribution in [1.82, 2.24) is 0 Å². The molecule has 0 aliphatic rings. The van der Waals surface area contributed by atoms with E-state index in [9.17, 15) is 0 Å². The Morgan fingerprint density at radius 3 is 1.03 bits per heavy atom. The summed E-state index contributed by atoms with van der Waals surface area (Å²) < 4.78 is 13.1. The monoisotopic (exact) mass is 546 g/mol. The second-order valence-corrected chi connectivity index (χ2v) is 14.8. The molecule has 1 rings (SSSR count). The highest BCUT2D eigenvalue weighted by atomic mass is 28.4. The first-order chi connectivity index (χ1) is 18.7. The van der Waals surface area contributed by atoms with Crippen LogP contribution >= 0.6 is 0 Å². The maximum Gasteiger partial charge on any atom is 0.369 e. The van der Waals surface area contributed by atoms with Gasteiger partial charge >= 0.3 is 8.56 Å². The van der Waals surface area contributed by atoms with Gasteiger partial charge < -0.3 is 8.85 Å². The Morgan fingerprint density at radius 2 is 0.711 bits per heavy atom. The van der Waals surface area contributed by atoms with Crippen LogP contribution in [0.3, 0.4) is 0 Å².